The minimum absolute atomic E-state index is 0.917. The first kappa shape index (κ1) is 20.2. The second-order valence-corrected chi connectivity index (χ2v) is 7.14. The summed E-state index contributed by atoms with van der Waals surface area (Å²) in [5.41, 5.74) is 1.24. The Morgan fingerprint density at radius 1 is 0.826 bits per heavy atom. The summed E-state index contributed by atoms with van der Waals surface area (Å²) in [6.07, 6.45) is 16.3. The summed E-state index contributed by atoms with van der Waals surface area (Å²) in [6.45, 7) is 2.28. The van der Waals surface area contributed by atoms with Crippen molar-refractivity contribution in [2.45, 2.75) is 71.1 Å². The molecule has 1 nitrogen and oxygen atoms in total. The molecule has 1 rings (SSSR count). The van der Waals surface area contributed by atoms with E-state index < -0.39 is 0 Å². The van der Waals surface area contributed by atoms with E-state index >= 15 is 0 Å². The summed E-state index contributed by atoms with van der Waals surface area (Å²) >= 11 is 1.92. The van der Waals surface area contributed by atoms with Crippen molar-refractivity contribution < 1.29 is 4.74 Å². The van der Waals surface area contributed by atoms with Crippen molar-refractivity contribution in [2.24, 2.45) is 0 Å². The molecule has 0 aliphatic rings. The lowest BCUT2D eigenvalue weighted by atomic mass is 10.1. The Bertz CT molecular complexity index is 397. The summed E-state index contributed by atoms with van der Waals surface area (Å²) in [4.78, 5) is 0. The zero-order valence-electron chi connectivity index (χ0n) is 15.1. The Hall–Kier alpha value is -0.890. The van der Waals surface area contributed by atoms with Crippen molar-refractivity contribution >= 4 is 17.8 Å². The first-order valence-electron chi connectivity index (χ1n) is 9.29. The minimum atomic E-state index is 0.917. The van der Waals surface area contributed by atoms with Crippen LogP contribution in [0, 0.1) is 0 Å². The maximum absolute atomic E-state index is 5.16. The van der Waals surface area contributed by atoms with E-state index in [1.54, 1.807) is 7.11 Å². The Morgan fingerprint density at radius 3 is 1.96 bits per heavy atom. The van der Waals surface area contributed by atoms with E-state index in [0.29, 0.717) is 0 Å². The van der Waals surface area contributed by atoms with E-state index in [1.807, 2.05) is 23.9 Å². The molecule has 2 heteroatoms. The van der Waals surface area contributed by atoms with E-state index in [4.69, 9.17) is 4.74 Å². The first-order chi connectivity index (χ1) is 11.4. The highest BCUT2D eigenvalue weighted by Crippen LogP contribution is 2.16. The fraction of sp³-hybridized carbons (Fsp3) is 0.619. The Kier molecular flexibility index (Phi) is 12.9. The highest BCUT2D eigenvalue weighted by molar-refractivity contribution is 8.02. The summed E-state index contributed by atoms with van der Waals surface area (Å²) in [5, 5.41) is 2.22. The number of hydrogen-bond acceptors (Lipinski definition) is 2. The summed E-state index contributed by atoms with van der Waals surface area (Å²) in [5.74, 6) is 2.16. The largest absolute Gasteiger partial charge is 0.497 e. The maximum atomic E-state index is 5.16. The SMILES string of the molecule is CCCCCCCCCCCCS/C=C\c1ccc(OC)cc1. The predicted octanol–water partition coefficient (Wildman–Crippen LogP) is 7.32. The third-order valence-electron chi connectivity index (χ3n) is 4.09. The molecular formula is C21H34OS. The molecule has 0 saturated carbocycles. The van der Waals surface area contributed by atoms with E-state index in [1.165, 1.54) is 75.5 Å². The van der Waals surface area contributed by atoms with Gasteiger partial charge in [0, 0.05) is 0 Å². The number of ether oxygens (including phenoxy) is 1. The van der Waals surface area contributed by atoms with Gasteiger partial charge in [0.05, 0.1) is 7.11 Å². The smallest absolute Gasteiger partial charge is 0.118 e. The molecule has 0 amide bonds. The molecule has 130 valence electrons. The van der Waals surface area contributed by atoms with Gasteiger partial charge in [-0.1, -0.05) is 76.8 Å². The molecule has 1 aromatic rings. The van der Waals surface area contributed by atoms with Gasteiger partial charge in [-0.15, -0.1) is 11.8 Å². The lowest BCUT2D eigenvalue weighted by Crippen LogP contribution is -1.83. The van der Waals surface area contributed by atoms with Crippen LogP contribution in [0.4, 0.5) is 0 Å². The molecule has 0 atom stereocenters. The summed E-state index contributed by atoms with van der Waals surface area (Å²) < 4.78 is 5.16. The van der Waals surface area contributed by atoms with Gasteiger partial charge < -0.3 is 4.74 Å². The topological polar surface area (TPSA) is 9.23 Å². The standard InChI is InChI=1S/C21H34OS/c1-3-4-5-6-7-8-9-10-11-12-18-23-19-17-20-13-15-21(22-2)16-14-20/h13-17,19H,3-12,18H2,1-2H3/b19-17-. The normalized spacial score (nSPS) is 11.2. The van der Waals surface area contributed by atoms with Crippen molar-refractivity contribution in [1.82, 2.24) is 0 Å². The average molecular weight is 335 g/mol. The van der Waals surface area contributed by atoms with Crippen LogP contribution >= 0.6 is 11.8 Å². The summed E-state index contributed by atoms with van der Waals surface area (Å²) in [7, 11) is 1.70. The van der Waals surface area contributed by atoms with Crippen LogP contribution in [-0.2, 0) is 0 Å². The zero-order chi connectivity index (χ0) is 16.6. The van der Waals surface area contributed by atoms with E-state index in [0.717, 1.165) is 5.75 Å². The monoisotopic (exact) mass is 334 g/mol. The van der Waals surface area contributed by atoms with Crippen LogP contribution in [0.3, 0.4) is 0 Å². The number of benzene rings is 1. The molecule has 1 aromatic carbocycles. The molecular weight excluding hydrogens is 300 g/mol. The minimum Gasteiger partial charge on any atom is -0.497 e. The van der Waals surface area contributed by atoms with Crippen LogP contribution in [0.1, 0.15) is 76.7 Å². The molecule has 0 aliphatic carbocycles. The molecule has 23 heavy (non-hydrogen) atoms. The van der Waals surface area contributed by atoms with Crippen molar-refractivity contribution in [3.8, 4) is 5.75 Å². The third kappa shape index (κ3) is 11.3. The Balaban J connectivity index is 1.90. The number of rotatable bonds is 14. The van der Waals surface area contributed by atoms with Gasteiger partial charge in [0.15, 0.2) is 0 Å². The van der Waals surface area contributed by atoms with Crippen LogP contribution in [0.25, 0.3) is 6.08 Å². The zero-order valence-corrected chi connectivity index (χ0v) is 15.9. The molecule has 0 N–H and O–H groups in total. The fourth-order valence-corrected chi connectivity index (χ4v) is 3.34. The van der Waals surface area contributed by atoms with Gasteiger partial charge in [0.25, 0.3) is 0 Å². The number of unbranched alkanes of at least 4 members (excludes halogenated alkanes) is 9. The number of thioether (sulfide) groups is 1. The van der Waals surface area contributed by atoms with Gasteiger partial charge in [-0.2, -0.15) is 0 Å². The molecule has 0 saturated heterocycles. The van der Waals surface area contributed by atoms with Crippen molar-refractivity contribution in [3.05, 3.63) is 35.2 Å². The molecule has 0 aliphatic heterocycles. The van der Waals surface area contributed by atoms with Gasteiger partial charge in [-0.05, 0) is 41.4 Å². The Labute approximate surface area is 147 Å². The maximum Gasteiger partial charge on any atom is 0.118 e. The highest BCUT2D eigenvalue weighted by atomic mass is 32.2. The van der Waals surface area contributed by atoms with Crippen molar-refractivity contribution in [3.63, 3.8) is 0 Å². The van der Waals surface area contributed by atoms with E-state index in [-0.39, 0.29) is 0 Å². The average Bonchev–Trinajstić information content (AvgIpc) is 2.59. The second-order valence-electron chi connectivity index (χ2n) is 6.13. The molecule has 0 fully saturated rings. The van der Waals surface area contributed by atoms with Gasteiger partial charge >= 0.3 is 0 Å². The molecule has 0 spiro atoms. The molecule has 0 bridgehead atoms. The number of methoxy groups -OCH3 is 1. The van der Waals surface area contributed by atoms with Crippen molar-refractivity contribution in [2.75, 3.05) is 12.9 Å². The number of hydrogen-bond donors (Lipinski definition) is 0. The quantitative estimate of drug-likeness (QED) is 0.330. The van der Waals surface area contributed by atoms with Crippen LogP contribution in [0.15, 0.2) is 29.7 Å². The molecule has 0 heterocycles. The molecule has 0 radical (unpaired) electrons. The second kappa shape index (κ2) is 14.7. The van der Waals surface area contributed by atoms with Gasteiger partial charge in [-0.25, -0.2) is 0 Å². The Morgan fingerprint density at radius 2 is 1.39 bits per heavy atom. The van der Waals surface area contributed by atoms with Gasteiger partial charge in [0.2, 0.25) is 0 Å². The van der Waals surface area contributed by atoms with Crippen LogP contribution < -0.4 is 4.74 Å². The third-order valence-corrected chi connectivity index (χ3v) is 4.94. The fourth-order valence-electron chi connectivity index (χ4n) is 2.58. The molecule has 0 unspecified atom stereocenters. The van der Waals surface area contributed by atoms with Crippen molar-refractivity contribution in [1.29, 1.82) is 0 Å². The lowest BCUT2D eigenvalue weighted by molar-refractivity contribution is 0.415. The van der Waals surface area contributed by atoms with Crippen LogP contribution in [0.5, 0.6) is 5.75 Å². The van der Waals surface area contributed by atoms with Gasteiger partial charge in [0.1, 0.15) is 5.75 Å². The lowest BCUT2D eigenvalue weighted by Gasteiger charge is -2.02. The van der Waals surface area contributed by atoms with Gasteiger partial charge in [-0.3, -0.25) is 0 Å². The summed E-state index contributed by atoms with van der Waals surface area (Å²) in [6, 6.07) is 8.20. The van der Waals surface area contributed by atoms with E-state index in [9.17, 15) is 0 Å². The van der Waals surface area contributed by atoms with Crippen LogP contribution in [0.2, 0.25) is 0 Å². The predicted molar refractivity (Wildman–Crippen MR) is 106 cm³/mol. The van der Waals surface area contributed by atoms with E-state index in [2.05, 4.69) is 30.5 Å². The first-order valence-corrected chi connectivity index (χ1v) is 10.3. The molecule has 0 aromatic heterocycles. The van der Waals surface area contributed by atoms with Crippen LogP contribution in [-0.4, -0.2) is 12.9 Å². The highest BCUT2D eigenvalue weighted by Gasteiger charge is 1.93.